The van der Waals surface area contributed by atoms with Crippen LogP contribution in [0.2, 0.25) is 0 Å². The van der Waals surface area contributed by atoms with E-state index in [0.717, 1.165) is 0 Å². The topological polar surface area (TPSA) is 117 Å². The quantitative estimate of drug-likeness (QED) is 0.825. The van der Waals surface area contributed by atoms with Gasteiger partial charge in [0, 0.05) is 25.2 Å². The lowest BCUT2D eigenvalue weighted by Gasteiger charge is -2.21. The van der Waals surface area contributed by atoms with E-state index in [4.69, 9.17) is 0 Å². The number of hydrogen-bond acceptors (Lipinski definition) is 6. The molecule has 2 atom stereocenters. The number of H-pyrrole nitrogens is 1. The van der Waals surface area contributed by atoms with Gasteiger partial charge in [0.25, 0.3) is 5.91 Å². The summed E-state index contributed by atoms with van der Waals surface area (Å²) >= 11 is 0. The van der Waals surface area contributed by atoms with Gasteiger partial charge in [-0.3, -0.25) is 14.7 Å². The first-order chi connectivity index (χ1) is 12.4. The zero-order valence-electron chi connectivity index (χ0n) is 15.1. The molecule has 0 aromatic carbocycles. The standard InChI is InChI=1S/C17H23N7O2/c1-10(2)6-15(25)21-12-7-14(16-20-11(3)22-23-16)24(8-12)17(26)13-4-5-18-9-19-13/h4-5,9-10,12,14H,6-8H2,1-3H3,(H,21,25)(H,20,22,23)/t12-,14-/m0/s1. The highest BCUT2D eigenvalue weighted by Gasteiger charge is 2.39. The molecule has 0 spiro atoms. The first-order valence-electron chi connectivity index (χ1n) is 8.69. The van der Waals surface area contributed by atoms with Crippen molar-refractivity contribution in [3.8, 4) is 0 Å². The maximum absolute atomic E-state index is 12.9. The van der Waals surface area contributed by atoms with Gasteiger partial charge in [-0.05, 0) is 25.3 Å². The first kappa shape index (κ1) is 18.0. The number of rotatable bonds is 5. The Bertz CT molecular complexity index is 774. The molecule has 26 heavy (non-hydrogen) atoms. The summed E-state index contributed by atoms with van der Waals surface area (Å²) in [6.07, 6.45) is 3.90. The minimum Gasteiger partial charge on any atom is -0.351 e. The second kappa shape index (κ2) is 7.59. The van der Waals surface area contributed by atoms with E-state index in [2.05, 4.69) is 30.5 Å². The van der Waals surface area contributed by atoms with Gasteiger partial charge in [-0.15, -0.1) is 0 Å². The fraction of sp³-hybridized carbons (Fsp3) is 0.529. The molecule has 2 N–H and O–H groups in total. The lowest BCUT2D eigenvalue weighted by atomic mass is 10.1. The van der Waals surface area contributed by atoms with E-state index in [9.17, 15) is 9.59 Å². The van der Waals surface area contributed by atoms with Crippen molar-refractivity contribution in [2.45, 2.75) is 45.7 Å². The molecule has 9 nitrogen and oxygen atoms in total. The van der Waals surface area contributed by atoms with Gasteiger partial charge < -0.3 is 10.2 Å². The van der Waals surface area contributed by atoms with Gasteiger partial charge in [0.15, 0.2) is 5.82 Å². The Labute approximate surface area is 151 Å². The van der Waals surface area contributed by atoms with Crippen molar-refractivity contribution < 1.29 is 9.59 Å². The summed E-state index contributed by atoms with van der Waals surface area (Å²) < 4.78 is 0. The van der Waals surface area contributed by atoms with Gasteiger partial charge in [-0.25, -0.2) is 15.0 Å². The molecule has 0 bridgehead atoms. The Morgan fingerprint density at radius 2 is 2.23 bits per heavy atom. The van der Waals surface area contributed by atoms with Crippen molar-refractivity contribution >= 4 is 11.8 Å². The van der Waals surface area contributed by atoms with Crippen molar-refractivity contribution in [3.63, 3.8) is 0 Å². The number of aryl methyl sites for hydroxylation is 1. The number of carbonyl (C=O) groups excluding carboxylic acids is 2. The summed E-state index contributed by atoms with van der Waals surface area (Å²) in [5, 5.41) is 10.0. The average Bonchev–Trinajstić information content (AvgIpc) is 3.20. The molecule has 0 unspecified atom stereocenters. The van der Waals surface area contributed by atoms with Crippen LogP contribution < -0.4 is 5.32 Å². The lowest BCUT2D eigenvalue weighted by molar-refractivity contribution is -0.122. The van der Waals surface area contributed by atoms with Crippen LogP contribution >= 0.6 is 0 Å². The smallest absolute Gasteiger partial charge is 0.273 e. The van der Waals surface area contributed by atoms with Gasteiger partial charge in [0.1, 0.15) is 17.8 Å². The summed E-state index contributed by atoms with van der Waals surface area (Å²) in [5.41, 5.74) is 0.311. The predicted octanol–water partition coefficient (Wildman–Crippen LogP) is 1.02. The Morgan fingerprint density at radius 1 is 1.42 bits per heavy atom. The van der Waals surface area contributed by atoms with Crippen molar-refractivity contribution in [2.75, 3.05) is 6.54 Å². The molecular weight excluding hydrogens is 334 g/mol. The third-order valence-corrected chi connectivity index (χ3v) is 4.23. The number of carbonyl (C=O) groups is 2. The number of aromatic nitrogens is 5. The third-order valence-electron chi connectivity index (χ3n) is 4.23. The van der Waals surface area contributed by atoms with E-state index in [1.54, 1.807) is 11.0 Å². The summed E-state index contributed by atoms with van der Waals surface area (Å²) in [5.74, 6) is 1.28. The van der Waals surface area contributed by atoms with Crippen LogP contribution in [0, 0.1) is 12.8 Å². The van der Waals surface area contributed by atoms with Gasteiger partial charge >= 0.3 is 0 Å². The van der Waals surface area contributed by atoms with E-state index in [1.807, 2.05) is 20.8 Å². The maximum Gasteiger partial charge on any atom is 0.273 e. The Hall–Kier alpha value is -2.84. The van der Waals surface area contributed by atoms with Crippen LogP contribution in [0.3, 0.4) is 0 Å². The molecule has 1 aliphatic heterocycles. The molecule has 0 saturated carbocycles. The van der Waals surface area contributed by atoms with E-state index in [0.29, 0.717) is 36.7 Å². The number of likely N-dealkylation sites (tertiary alicyclic amines) is 1. The van der Waals surface area contributed by atoms with Crippen LogP contribution in [-0.4, -0.2) is 54.5 Å². The minimum atomic E-state index is -0.313. The molecule has 0 radical (unpaired) electrons. The van der Waals surface area contributed by atoms with E-state index >= 15 is 0 Å². The molecule has 138 valence electrons. The average molecular weight is 357 g/mol. The normalized spacial score (nSPS) is 19.8. The summed E-state index contributed by atoms with van der Waals surface area (Å²) in [7, 11) is 0. The summed E-state index contributed by atoms with van der Waals surface area (Å²) in [6, 6.07) is 1.12. The minimum absolute atomic E-state index is 0.00810. The molecule has 2 amide bonds. The molecule has 2 aromatic heterocycles. The maximum atomic E-state index is 12.9. The predicted molar refractivity (Wildman–Crippen MR) is 92.9 cm³/mol. The second-order valence-electron chi connectivity index (χ2n) is 6.95. The monoisotopic (exact) mass is 357 g/mol. The molecule has 2 aromatic rings. The lowest BCUT2D eigenvalue weighted by Crippen LogP contribution is -2.39. The molecule has 1 fully saturated rings. The highest BCUT2D eigenvalue weighted by molar-refractivity contribution is 5.92. The number of nitrogens with zero attached hydrogens (tertiary/aromatic N) is 5. The van der Waals surface area contributed by atoms with Crippen molar-refractivity contribution in [1.82, 2.24) is 35.4 Å². The molecule has 3 heterocycles. The van der Waals surface area contributed by atoms with Gasteiger partial charge in [0.2, 0.25) is 5.91 Å². The van der Waals surface area contributed by atoms with Crippen LogP contribution in [-0.2, 0) is 4.79 Å². The number of aromatic amines is 1. The van der Waals surface area contributed by atoms with Crippen molar-refractivity contribution in [1.29, 1.82) is 0 Å². The summed E-state index contributed by atoms with van der Waals surface area (Å²) in [6.45, 7) is 6.20. The third kappa shape index (κ3) is 4.04. The van der Waals surface area contributed by atoms with Crippen molar-refractivity contribution in [2.24, 2.45) is 5.92 Å². The van der Waals surface area contributed by atoms with E-state index in [-0.39, 0.29) is 29.8 Å². The summed E-state index contributed by atoms with van der Waals surface area (Å²) in [4.78, 5) is 39.0. The molecular formula is C17H23N7O2. The molecule has 1 saturated heterocycles. The second-order valence-corrected chi connectivity index (χ2v) is 6.95. The molecule has 3 rings (SSSR count). The zero-order valence-corrected chi connectivity index (χ0v) is 15.1. The van der Waals surface area contributed by atoms with Crippen LogP contribution in [0.25, 0.3) is 0 Å². The highest BCUT2D eigenvalue weighted by atomic mass is 16.2. The van der Waals surface area contributed by atoms with Gasteiger partial charge in [-0.2, -0.15) is 5.10 Å². The molecule has 0 aliphatic carbocycles. The van der Waals surface area contributed by atoms with Crippen LogP contribution in [0.15, 0.2) is 18.6 Å². The molecule has 1 aliphatic rings. The van der Waals surface area contributed by atoms with E-state index < -0.39 is 0 Å². The highest BCUT2D eigenvalue weighted by Crippen LogP contribution is 2.31. The fourth-order valence-electron chi connectivity index (χ4n) is 3.14. The number of hydrogen-bond donors (Lipinski definition) is 2. The van der Waals surface area contributed by atoms with Crippen LogP contribution in [0.4, 0.5) is 0 Å². The van der Waals surface area contributed by atoms with Crippen LogP contribution in [0.1, 0.15) is 54.9 Å². The molecule has 9 heteroatoms. The Morgan fingerprint density at radius 3 is 2.85 bits per heavy atom. The number of nitrogens with one attached hydrogen (secondary N) is 2. The zero-order chi connectivity index (χ0) is 18.7. The van der Waals surface area contributed by atoms with Crippen molar-refractivity contribution in [3.05, 3.63) is 35.9 Å². The Balaban J connectivity index is 1.80. The Kier molecular flexibility index (Phi) is 5.24. The fourth-order valence-corrected chi connectivity index (χ4v) is 3.14. The van der Waals surface area contributed by atoms with Gasteiger partial charge in [-0.1, -0.05) is 13.8 Å². The van der Waals surface area contributed by atoms with Gasteiger partial charge in [0.05, 0.1) is 6.04 Å². The largest absolute Gasteiger partial charge is 0.351 e. The van der Waals surface area contributed by atoms with Crippen LogP contribution in [0.5, 0.6) is 0 Å². The van der Waals surface area contributed by atoms with E-state index in [1.165, 1.54) is 12.5 Å². The number of amides is 2. The first-order valence-corrected chi connectivity index (χ1v) is 8.69. The SMILES string of the molecule is Cc1nc([C@@H]2C[C@H](NC(=O)CC(C)C)CN2C(=O)c2ccncn2)n[nH]1.